The van der Waals surface area contributed by atoms with E-state index in [1.165, 1.54) is 26.4 Å². The Hall–Kier alpha value is -2.35. The van der Waals surface area contributed by atoms with Gasteiger partial charge in [-0.25, -0.2) is 9.18 Å². The second-order valence-corrected chi connectivity index (χ2v) is 3.24. The summed E-state index contributed by atoms with van der Waals surface area (Å²) < 4.78 is 22.3. The predicted octanol–water partition coefficient (Wildman–Crippen LogP) is 1.53. The van der Waals surface area contributed by atoms with Crippen molar-refractivity contribution in [3.05, 3.63) is 35.1 Å². The summed E-state index contributed by atoms with van der Waals surface area (Å²) in [6, 6.07) is 3.69. The van der Waals surface area contributed by atoms with E-state index in [1.807, 2.05) is 0 Å². The van der Waals surface area contributed by atoms with Crippen LogP contribution in [-0.2, 0) is 14.3 Å². The molecule has 0 aliphatic rings. The van der Waals surface area contributed by atoms with E-state index in [1.54, 1.807) is 0 Å². The zero-order valence-electron chi connectivity index (χ0n) is 9.95. The van der Waals surface area contributed by atoms with Crippen molar-refractivity contribution < 1.29 is 23.5 Å². The zero-order chi connectivity index (χ0) is 13.5. The number of hydrogen-bond acceptors (Lipinski definition) is 4. The van der Waals surface area contributed by atoms with Crippen LogP contribution in [0.2, 0.25) is 0 Å². The van der Waals surface area contributed by atoms with Gasteiger partial charge >= 0.3 is 11.9 Å². The number of benzene rings is 1. The van der Waals surface area contributed by atoms with Crippen molar-refractivity contribution in [1.29, 1.82) is 0 Å². The summed E-state index contributed by atoms with van der Waals surface area (Å²) >= 11 is 0. The molecule has 0 atom stereocenters. The summed E-state index contributed by atoms with van der Waals surface area (Å²) in [4.78, 5) is 22.1. The van der Waals surface area contributed by atoms with Crippen LogP contribution < -0.4 is 0 Å². The Morgan fingerprint density at radius 3 is 2.61 bits per heavy atom. The van der Waals surface area contributed by atoms with Crippen molar-refractivity contribution in [1.82, 2.24) is 0 Å². The molecule has 1 aromatic rings. The molecule has 94 valence electrons. The minimum Gasteiger partial charge on any atom is -0.468 e. The van der Waals surface area contributed by atoms with Gasteiger partial charge in [0.05, 0.1) is 25.3 Å². The number of carbonyl (C=O) groups is 2. The molecular formula is C13H11FO4. The Morgan fingerprint density at radius 1 is 1.28 bits per heavy atom. The molecule has 0 spiro atoms. The first-order valence-electron chi connectivity index (χ1n) is 5.02. The standard InChI is InChI=1S/C13H11FO4/c1-17-12(15)5-3-4-9-8-10(13(16)18-2)6-7-11(9)14/h6-8H,5H2,1-2H3. The van der Waals surface area contributed by atoms with Gasteiger partial charge in [-0.2, -0.15) is 0 Å². The number of rotatable bonds is 2. The second-order valence-electron chi connectivity index (χ2n) is 3.24. The quantitative estimate of drug-likeness (QED) is 0.590. The number of esters is 2. The summed E-state index contributed by atoms with van der Waals surface area (Å²) in [5.41, 5.74) is 0.225. The zero-order valence-corrected chi connectivity index (χ0v) is 9.95. The van der Waals surface area contributed by atoms with E-state index < -0.39 is 17.8 Å². The largest absolute Gasteiger partial charge is 0.468 e. The fourth-order valence-corrected chi connectivity index (χ4v) is 1.15. The van der Waals surface area contributed by atoms with E-state index in [-0.39, 0.29) is 17.5 Å². The molecule has 0 aromatic heterocycles. The number of halogens is 1. The molecule has 1 rings (SSSR count). The van der Waals surface area contributed by atoms with Crippen LogP contribution in [0.1, 0.15) is 22.3 Å². The van der Waals surface area contributed by atoms with Gasteiger partial charge in [0.15, 0.2) is 0 Å². The summed E-state index contributed by atoms with van der Waals surface area (Å²) in [6.07, 6.45) is -0.140. The Bertz CT molecular complexity index is 526. The van der Waals surface area contributed by atoms with Gasteiger partial charge in [-0.15, -0.1) is 0 Å². The van der Waals surface area contributed by atoms with Gasteiger partial charge < -0.3 is 9.47 Å². The first-order chi connectivity index (χ1) is 8.58. The minimum atomic E-state index is -0.578. The monoisotopic (exact) mass is 250 g/mol. The smallest absolute Gasteiger partial charge is 0.337 e. The molecule has 0 amide bonds. The van der Waals surface area contributed by atoms with E-state index in [9.17, 15) is 14.0 Å². The highest BCUT2D eigenvalue weighted by Crippen LogP contribution is 2.10. The molecule has 0 heterocycles. The number of ether oxygens (including phenoxy) is 2. The van der Waals surface area contributed by atoms with Crippen molar-refractivity contribution in [3.8, 4) is 11.8 Å². The molecule has 0 unspecified atom stereocenters. The van der Waals surface area contributed by atoms with Gasteiger partial charge in [-0.1, -0.05) is 11.8 Å². The lowest BCUT2D eigenvalue weighted by atomic mass is 10.1. The maximum atomic E-state index is 13.4. The average molecular weight is 250 g/mol. The molecule has 0 aliphatic carbocycles. The van der Waals surface area contributed by atoms with Crippen LogP contribution in [0.15, 0.2) is 18.2 Å². The van der Waals surface area contributed by atoms with Crippen molar-refractivity contribution in [2.75, 3.05) is 14.2 Å². The maximum Gasteiger partial charge on any atom is 0.337 e. The average Bonchev–Trinajstić information content (AvgIpc) is 2.39. The van der Waals surface area contributed by atoms with Crippen LogP contribution in [-0.4, -0.2) is 26.2 Å². The topological polar surface area (TPSA) is 52.6 Å². The molecule has 0 bridgehead atoms. The van der Waals surface area contributed by atoms with E-state index in [0.29, 0.717) is 0 Å². The second kappa shape index (κ2) is 6.40. The van der Waals surface area contributed by atoms with Gasteiger partial charge in [0, 0.05) is 0 Å². The molecule has 0 fully saturated rings. The highest BCUT2D eigenvalue weighted by molar-refractivity contribution is 5.89. The number of hydrogen-bond donors (Lipinski definition) is 0. The van der Waals surface area contributed by atoms with Gasteiger partial charge in [0.1, 0.15) is 12.2 Å². The molecule has 0 aliphatic heterocycles. The number of methoxy groups -OCH3 is 2. The SMILES string of the molecule is COC(=O)CC#Cc1cc(C(=O)OC)ccc1F. The third-order valence-corrected chi connectivity index (χ3v) is 2.07. The van der Waals surface area contributed by atoms with E-state index in [0.717, 1.165) is 6.07 Å². The molecule has 1 aromatic carbocycles. The fraction of sp³-hybridized carbons (Fsp3) is 0.231. The van der Waals surface area contributed by atoms with Crippen LogP contribution in [0.25, 0.3) is 0 Å². The van der Waals surface area contributed by atoms with Crippen molar-refractivity contribution in [2.24, 2.45) is 0 Å². The molecule has 18 heavy (non-hydrogen) atoms. The minimum absolute atomic E-state index is 0.0294. The Labute approximate surface area is 104 Å². The summed E-state index contributed by atoms with van der Waals surface area (Å²) in [6.45, 7) is 0. The van der Waals surface area contributed by atoms with Gasteiger partial charge in [0.25, 0.3) is 0 Å². The lowest BCUT2D eigenvalue weighted by Crippen LogP contribution is -2.02. The summed E-state index contributed by atoms with van der Waals surface area (Å²) in [5.74, 6) is 3.27. The molecule has 5 heteroatoms. The molecule has 4 nitrogen and oxygen atoms in total. The van der Waals surface area contributed by atoms with E-state index in [2.05, 4.69) is 21.3 Å². The lowest BCUT2D eigenvalue weighted by Gasteiger charge is -2.00. The van der Waals surface area contributed by atoms with Crippen LogP contribution in [0.3, 0.4) is 0 Å². The highest BCUT2D eigenvalue weighted by atomic mass is 19.1. The highest BCUT2D eigenvalue weighted by Gasteiger charge is 2.08. The van der Waals surface area contributed by atoms with Crippen LogP contribution in [0.4, 0.5) is 4.39 Å². The first kappa shape index (κ1) is 13.7. The van der Waals surface area contributed by atoms with Gasteiger partial charge in [-0.05, 0) is 18.2 Å². The van der Waals surface area contributed by atoms with Crippen molar-refractivity contribution in [3.63, 3.8) is 0 Å². The third kappa shape index (κ3) is 3.59. The Kier molecular flexibility index (Phi) is 4.88. The summed E-state index contributed by atoms with van der Waals surface area (Å²) in [7, 11) is 2.47. The predicted molar refractivity (Wildman–Crippen MR) is 61.3 cm³/mol. The normalized spacial score (nSPS) is 9.06. The molecule has 0 radical (unpaired) electrons. The molecule has 0 saturated carbocycles. The first-order valence-corrected chi connectivity index (χ1v) is 5.02. The maximum absolute atomic E-state index is 13.4. The van der Waals surface area contributed by atoms with Crippen molar-refractivity contribution in [2.45, 2.75) is 6.42 Å². The molecule has 0 N–H and O–H groups in total. The van der Waals surface area contributed by atoms with Gasteiger partial charge in [0.2, 0.25) is 0 Å². The van der Waals surface area contributed by atoms with E-state index >= 15 is 0 Å². The fourth-order valence-electron chi connectivity index (χ4n) is 1.15. The number of carbonyl (C=O) groups excluding carboxylic acids is 2. The summed E-state index contributed by atoms with van der Waals surface area (Å²) in [5, 5.41) is 0. The van der Waals surface area contributed by atoms with Gasteiger partial charge in [-0.3, -0.25) is 4.79 Å². The van der Waals surface area contributed by atoms with Crippen LogP contribution in [0.5, 0.6) is 0 Å². The third-order valence-electron chi connectivity index (χ3n) is 2.07. The van der Waals surface area contributed by atoms with Crippen LogP contribution >= 0.6 is 0 Å². The van der Waals surface area contributed by atoms with Crippen LogP contribution in [0, 0.1) is 17.7 Å². The Morgan fingerprint density at radius 2 is 2.00 bits per heavy atom. The van der Waals surface area contributed by atoms with Crippen molar-refractivity contribution >= 4 is 11.9 Å². The Balaban J connectivity index is 2.94. The molecular weight excluding hydrogens is 239 g/mol. The van der Waals surface area contributed by atoms with E-state index in [4.69, 9.17) is 0 Å². The molecule has 0 saturated heterocycles. The lowest BCUT2D eigenvalue weighted by molar-refractivity contribution is -0.139.